The molecule has 1 aromatic carbocycles. The molecule has 0 atom stereocenters. The number of piperidine rings is 2. The number of hydrogen-bond acceptors (Lipinski definition) is 4. The molecule has 2 aliphatic rings. The summed E-state index contributed by atoms with van der Waals surface area (Å²) in [6.45, 7) is 4.95. The second kappa shape index (κ2) is 11.0. The summed E-state index contributed by atoms with van der Waals surface area (Å²) in [6.07, 6.45) is 5.65. The van der Waals surface area contributed by atoms with E-state index >= 15 is 0 Å². The molecule has 1 aromatic rings. The average molecular weight is 411 g/mol. The van der Waals surface area contributed by atoms with Gasteiger partial charge in [0.2, 0.25) is 5.91 Å². The number of rotatable bonds is 3. The Morgan fingerprint density at radius 1 is 0.893 bits per heavy atom. The molecule has 2 heterocycles. The highest BCUT2D eigenvalue weighted by molar-refractivity contribution is 6.30. The van der Waals surface area contributed by atoms with Crippen molar-refractivity contribution in [3.63, 3.8) is 0 Å². The number of benzene rings is 1. The molecule has 28 heavy (non-hydrogen) atoms. The van der Waals surface area contributed by atoms with E-state index in [-0.39, 0.29) is 5.92 Å². The van der Waals surface area contributed by atoms with E-state index in [0.29, 0.717) is 5.91 Å². The van der Waals surface area contributed by atoms with Crippen molar-refractivity contribution in [2.75, 3.05) is 26.2 Å². The largest absolute Gasteiger partial charge is 0.473 e. The number of hydrogen-bond donors (Lipinski definition) is 2. The lowest BCUT2D eigenvalue weighted by molar-refractivity contribution is -0.159. The zero-order valence-electron chi connectivity index (χ0n) is 15.8. The molecule has 3 rings (SSSR count). The van der Waals surface area contributed by atoms with Gasteiger partial charge in [0.1, 0.15) is 0 Å². The molecule has 0 bridgehead atoms. The van der Waals surface area contributed by atoms with Gasteiger partial charge in [0, 0.05) is 30.6 Å². The molecular formula is C20H27ClN2O5. The molecule has 2 saturated heterocycles. The summed E-state index contributed by atoms with van der Waals surface area (Å²) in [7, 11) is 0. The van der Waals surface area contributed by atoms with Gasteiger partial charge >= 0.3 is 11.9 Å². The SMILES string of the molecule is O=C(C1CCN(Cc2ccc(Cl)cc2)CC1)N1CCCCC1.O=C(O)C(=O)O. The normalized spacial score (nSPS) is 18.1. The molecular weight excluding hydrogens is 384 g/mol. The van der Waals surface area contributed by atoms with Crippen LogP contribution in [-0.2, 0) is 20.9 Å². The molecule has 0 aromatic heterocycles. The Morgan fingerprint density at radius 2 is 1.43 bits per heavy atom. The van der Waals surface area contributed by atoms with Crippen LogP contribution in [0.25, 0.3) is 0 Å². The zero-order chi connectivity index (χ0) is 20.5. The number of amides is 1. The maximum Gasteiger partial charge on any atom is 0.414 e. The maximum absolute atomic E-state index is 12.5. The highest BCUT2D eigenvalue weighted by Crippen LogP contribution is 2.23. The van der Waals surface area contributed by atoms with Crippen LogP contribution in [0, 0.1) is 5.92 Å². The number of nitrogens with zero attached hydrogens (tertiary/aromatic N) is 2. The number of carboxylic acid groups (broad SMARTS) is 2. The predicted molar refractivity (Wildman–Crippen MR) is 105 cm³/mol. The summed E-state index contributed by atoms with van der Waals surface area (Å²) in [4.78, 5) is 35.3. The van der Waals surface area contributed by atoms with Gasteiger partial charge in [0.05, 0.1) is 0 Å². The maximum atomic E-state index is 12.5. The molecule has 0 aliphatic carbocycles. The number of carboxylic acids is 2. The van der Waals surface area contributed by atoms with Gasteiger partial charge in [0.15, 0.2) is 0 Å². The third-order valence-corrected chi connectivity index (χ3v) is 5.36. The summed E-state index contributed by atoms with van der Waals surface area (Å²) >= 11 is 5.93. The van der Waals surface area contributed by atoms with E-state index in [2.05, 4.69) is 21.9 Å². The first-order valence-electron chi connectivity index (χ1n) is 9.58. The van der Waals surface area contributed by atoms with Crippen molar-refractivity contribution in [1.29, 1.82) is 0 Å². The van der Waals surface area contributed by atoms with Crippen LogP contribution in [0.3, 0.4) is 0 Å². The Bertz CT molecular complexity index is 654. The lowest BCUT2D eigenvalue weighted by atomic mass is 9.94. The third-order valence-electron chi connectivity index (χ3n) is 5.11. The highest BCUT2D eigenvalue weighted by atomic mass is 35.5. The van der Waals surface area contributed by atoms with Gasteiger partial charge in [0.25, 0.3) is 0 Å². The number of aliphatic carboxylic acids is 2. The lowest BCUT2D eigenvalue weighted by Gasteiger charge is -2.35. The smallest absolute Gasteiger partial charge is 0.414 e. The molecule has 0 saturated carbocycles. The minimum absolute atomic E-state index is 0.250. The monoisotopic (exact) mass is 410 g/mol. The molecule has 2 N–H and O–H groups in total. The number of carbonyl (C=O) groups excluding carboxylic acids is 1. The fourth-order valence-corrected chi connectivity index (χ4v) is 3.68. The second-order valence-electron chi connectivity index (χ2n) is 7.17. The van der Waals surface area contributed by atoms with Crippen molar-refractivity contribution >= 4 is 29.4 Å². The molecule has 0 spiro atoms. The Balaban J connectivity index is 0.000000409. The van der Waals surface area contributed by atoms with Gasteiger partial charge in [-0.25, -0.2) is 9.59 Å². The topological polar surface area (TPSA) is 98.2 Å². The highest BCUT2D eigenvalue weighted by Gasteiger charge is 2.29. The summed E-state index contributed by atoms with van der Waals surface area (Å²) in [5.74, 6) is -2.99. The van der Waals surface area contributed by atoms with Crippen LogP contribution in [0.2, 0.25) is 5.02 Å². The molecule has 2 aliphatic heterocycles. The van der Waals surface area contributed by atoms with Gasteiger partial charge in [-0.15, -0.1) is 0 Å². The standard InChI is InChI=1S/C18H25ClN2O.C2H2O4/c19-17-6-4-15(5-7-17)14-20-12-8-16(9-13-20)18(22)21-10-2-1-3-11-21;3-1(4)2(5)6/h4-7,16H,1-3,8-14H2;(H,3,4)(H,5,6). The van der Waals surface area contributed by atoms with E-state index in [4.69, 9.17) is 31.4 Å². The molecule has 154 valence electrons. The van der Waals surface area contributed by atoms with Crippen LogP contribution >= 0.6 is 11.6 Å². The third kappa shape index (κ3) is 7.13. The second-order valence-corrected chi connectivity index (χ2v) is 7.61. The fourth-order valence-electron chi connectivity index (χ4n) is 3.56. The number of carbonyl (C=O) groups is 3. The first-order valence-corrected chi connectivity index (χ1v) is 9.96. The van der Waals surface area contributed by atoms with Crippen molar-refractivity contribution in [3.05, 3.63) is 34.9 Å². The minimum Gasteiger partial charge on any atom is -0.473 e. The molecule has 0 unspecified atom stereocenters. The molecule has 1 amide bonds. The quantitative estimate of drug-likeness (QED) is 0.743. The minimum atomic E-state index is -1.82. The number of likely N-dealkylation sites (tertiary alicyclic amines) is 2. The van der Waals surface area contributed by atoms with Crippen LogP contribution in [0.5, 0.6) is 0 Å². The predicted octanol–water partition coefficient (Wildman–Crippen LogP) is 2.72. The summed E-state index contributed by atoms with van der Waals surface area (Å²) in [5.41, 5.74) is 1.30. The Kier molecular flexibility index (Phi) is 8.73. The van der Waals surface area contributed by atoms with E-state index in [0.717, 1.165) is 50.6 Å². The summed E-state index contributed by atoms with van der Waals surface area (Å²) < 4.78 is 0. The van der Waals surface area contributed by atoms with Crippen LogP contribution in [0.1, 0.15) is 37.7 Å². The van der Waals surface area contributed by atoms with Gasteiger partial charge in [-0.05, 0) is 62.9 Å². The van der Waals surface area contributed by atoms with Gasteiger partial charge in [-0.3, -0.25) is 9.69 Å². The van der Waals surface area contributed by atoms with E-state index in [1.165, 1.54) is 24.8 Å². The molecule has 0 radical (unpaired) electrons. The van der Waals surface area contributed by atoms with Gasteiger partial charge < -0.3 is 15.1 Å². The van der Waals surface area contributed by atoms with E-state index in [1.807, 2.05) is 12.1 Å². The lowest BCUT2D eigenvalue weighted by Crippen LogP contribution is -2.44. The van der Waals surface area contributed by atoms with Crippen molar-refractivity contribution in [1.82, 2.24) is 9.80 Å². The molecule has 8 heteroatoms. The average Bonchev–Trinajstić information content (AvgIpc) is 2.71. The van der Waals surface area contributed by atoms with E-state index < -0.39 is 11.9 Å². The summed E-state index contributed by atoms with van der Waals surface area (Å²) in [6, 6.07) is 8.08. The van der Waals surface area contributed by atoms with Crippen LogP contribution in [-0.4, -0.2) is 64.0 Å². The first-order chi connectivity index (χ1) is 13.4. The molecule has 2 fully saturated rings. The summed E-state index contributed by atoms with van der Waals surface area (Å²) in [5, 5.41) is 15.6. The van der Waals surface area contributed by atoms with E-state index in [9.17, 15) is 4.79 Å². The van der Waals surface area contributed by atoms with E-state index in [1.54, 1.807) is 0 Å². The van der Waals surface area contributed by atoms with Crippen molar-refractivity contribution in [2.45, 2.75) is 38.6 Å². The zero-order valence-corrected chi connectivity index (χ0v) is 16.6. The fraction of sp³-hybridized carbons (Fsp3) is 0.550. The van der Waals surface area contributed by atoms with Crippen LogP contribution < -0.4 is 0 Å². The Labute approximate surface area is 169 Å². The van der Waals surface area contributed by atoms with Gasteiger partial charge in [-0.2, -0.15) is 0 Å². The van der Waals surface area contributed by atoms with Crippen LogP contribution in [0.4, 0.5) is 0 Å². The van der Waals surface area contributed by atoms with Crippen LogP contribution in [0.15, 0.2) is 24.3 Å². The number of halogens is 1. The van der Waals surface area contributed by atoms with Crippen molar-refractivity contribution in [2.24, 2.45) is 5.92 Å². The van der Waals surface area contributed by atoms with Crippen molar-refractivity contribution < 1.29 is 24.6 Å². The molecule has 7 nitrogen and oxygen atoms in total. The Morgan fingerprint density at radius 3 is 1.93 bits per heavy atom. The van der Waals surface area contributed by atoms with Crippen molar-refractivity contribution in [3.8, 4) is 0 Å². The Hall–Kier alpha value is -2.12. The first kappa shape index (κ1) is 22.2. The van der Waals surface area contributed by atoms with Gasteiger partial charge in [-0.1, -0.05) is 23.7 Å².